The summed E-state index contributed by atoms with van der Waals surface area (Å²) in [6.45, 7) is 7.66. The summed E-state index contributed by atoms with van der Waals surface area (Å²) >= 11 is 0. The second-order valence-electron chi connectivity index (χ2n) is 6.68. The Morgan fingerprint density at radius 2 is 1.75 bits per heavy atom. The Kier molecular flexibility index (Phi) is 5.25. The minimum Gasteiger partial charge on any atom is -0.463 e. The molecule has 2 bridgehead atoms. The maximum Gasteiger partial charge on any atom is 0.333 e. The van der Waals surface area contributed by atoms with E-state index in [-0.39, 0.29) is 5.97 Å². The van der Waals surface area contributed by atoms with Crippen molar-refractivity contribution in [2.24, 2.45) is 29.6 Å². The summed E-state index contributed by atoms with van der Waals surface area (Å²) in [6.07, 6.45) is 7.24. The topological polar surface area (TPSA) is 46.5 Å². The van der Waals surface area contributed by atoms with Crippen LogP contribution in [0.5, 0.6) is 0 Å². The van der Waals surface area contributed by atoms with Gasteiger partial charge in [-0.05, 0) is 75.5 Å². The summed E-state index contributed by atoms with van der Waals surface area (Å²) in [5.41, 5.74) is 0.451. The largest absolute Gasteiger partial charge is 0.463 e. The predicted molar refractivity (Wildman–Crippen MR) is 79.1 cm³/mol. The number of ether oxygens (including phenoxy) is 1. The maximum atomic E-state index is 10.4. The molecule has 0 aromatic heterocycles. The molecule has 3 rings (SSSR count). The van der Waals surface area contributed by atoms with Crippen LogP contribution in [0.15, 0.2) is 12.2 Å². The maximum absolute atomic E-state index is 10.4. The SMILES string of the molecule is C=C(C)C(=O)OCC.OCC1CC2C3CCC(C3)C2C1. The minimum absolute atomic E-state index is 0.312. The molecule has 0 radical (unpaired) electrons. The molecule has 1 N–H and O–H groups in total. The van der Waals surface area contributed by atoms with Crippen LogP contribution in [0.4, 0.5) is 0 Å². The van der Waals surface area contributed by atoms with Gasteiger partial charge >= 0.3 is 5.97 Å². The molecule has 0 amide bonds. The van der Waals surface area contributed by atoms with Crippen molar-refractivity contribution in [3.8, 4) is 0 Å². The summed E-state index contributed by atoms with van der Waals surface area (Å²) in [7, 11) is 0. The standard InChI is InChI=1S/C11H18O.C6H10O2/c12-6-7-3-10-8-1-2-9(5-8)11(10)4-7;1-4-8-6(7)5(2)3/h7-12H,1-6H2;2,4H2,1,3H3. The van der Waals surface area contributed by atoms with Gasteiger partial charge in [-0.2, -0.15) is 0 Å². The number of hydrogen-bond donors (Lipinski definition) is 1. The highest BCUT2D eigenvalue weighted by Crippen LogP contribution is 2.59. The van der Waals surface area contributed by atoms with Gasteiger partial charge in [0.05, 0.1) is 6.61 Å². The number of carbonyl (C=O) groups is 1. The molecule has 3 heteroatoms. The van der Waals surface area contributed by atoms with E-state index in [2.05, 4.69) is 11.3 Å². The molecule has 3 aliphatic carbocycles. The Morgan fingerprint density at radius 1 is 1.20 bits per heavy atom. The van der Waals surface area contributed by atoms with Gasteiger partial charge in [0, 0.05) is 12.2 Å². The monoisotopic (exact) mass is 280 g/mol. The predicted octanol–water partition coefficient (Wildman–Crippen LogP) is 3.18. The minimum atomic E-state index is -0.312. The zero-order chi connectivity index (χ0) is 14.7. The number of fused-ring (bicyclic) bond motifs is 5. The van der Waals surface area contributed by atoms with Crippen LogP contribution in [0, 0.1) is 29.6 Å². The summed E-state index contributed by atoms with van der Waals surface area (Å²) in [4.78, 5) is 10.4. The average Bonchev–Trinajstić information content (AvgIpc) is 3.11. The Morgan fingerprint density at radius 3 is 2.10 bits per heavy atom. The molecule has 3 saturated carbocycles. The fourth-order valence-electron chi connectivity index (χ4n) is 4.53. The zero-order valence-electron chi connectivity index (χ0n) is 12.8. The van der Waals surface area contributed by atoms with Gasteiger partial charge in [-0.3, -0.25) is 0 Å². The summed E-state index contributed by atoms with van der Waals surface area (Å²) < 4.78 is 4.56. The lowest BCUT2D eigenvalue weighted by molar-refractivity contribution is -0.138. The quantitative estimate of drug-likeness (QED) is 0.638. The lowest BCUT2D eigenvalue weighted by Gasteiger charge is -2.23. The molecule has 0 aromatic carbocycles. The van der Waals surface area contributed by atoms with E-state index in [0.717, 1.165) is 23.7 Å². The number of esters is 1. The van der Waals surface area contributed by atoms with Crippen molar-refractivity contribution < 1.29 is 14.6 Å². The fraction of sp³-hybridized carbons (Fsp3) is 0.824. The van der Waals surface area contributed by atoms with E-state index in [9.17, 15) is 4.79 Å². The van der Waals surface area contributed by atoms with Gasteiger partial charge in [0.25, 0.3) is 0 Å². The van der Waals surface area contributed by atoms with Gasteiger partial charge in [-0.15, -0.1) is 0 Å². The summed E-state index contributed by atoms with van der Waals surface area (Å²) in [5.74, 6) is 4.55. The Labute approximate surface area is 122 Å². The third-order valence-electron chi connectivity index (χ3n) is 5.37. The molecule has 3 aliphatic rings. The second-order valence-corrected chi connectivity index (χ2v) is 6.68. The number of hydrogen-bond acceptors (Lipinski definition) is 3. The third-order valence-corrected chi connectivity index (χ3v) is 5.37. The average molecular weight is 280 g/mol. The van der Waals surface area contributed by atoms with Gasteiger partial charge in [0.1, 0.15) is 0 Å². The van der Waals surface area contributed by atoms with E-state index in [4.69, 9.17) is 5.11 Å². The molecule has 0 aliphatic heterocycles. The van der Waals surface area contributed by atoms with Crippen LogP contribution in [-0.2, 0) is 9.53 Å². The van der Waals surface area contributed by atoms with Crippen LogP contribution in [0.3, 0.4) is 0 Å². The van der Waals surface area contributed by atoms with Crippen molar-refractivity contribution in [1.29, 1.82) is 0 Å². The van der Waals surface area contributed by atoms with Crippen LogP contribution in [0.25, 0.3) is 0 Å². The molecule has 0 spiro atoms. The Balaban J connectivity index is 0.000000163. The third kappa shape index (κ3) is 3.25. The van der Waals surface area contributed by atoms with Gasteiger partial charge in [0.2, 0.25) is 0 Å². The summed E-state index contributed by atoms with van der Waals surface area (Å²) in [6, 6.07) is 0. The first-order chi connectivity index (χ1) is 9.56. The molecule has 0 aromatic rings. The first-order valence-electron chi connectivity index (χ1n) is 8.00. The van der Waals surface area contributed by atoms with Crippen molar-refractivity contribution in [1.82, 2.24) is 0 Å². The van der Waals surface area contributed by atoms with Crippen molar-refractivity contribution in [3.63, 3.8) is 0 Å². The van der Waals surface area contributed by atoms with Crippen molar-refractivity contribution in [3.05, 3.63) is 12.2 Å². The number of aliphatic hydroxyl groups excluding tert-OH is 1. The molecule has 4 atom stereocenters. The highest BCUT2D eigenvalue weighted by atomic mass is 16.5. The van der Waals surface area contributed by atoms with E-state index in [0.29, 0.717) is 24.7 Å². The number of rotatable bonds is 3. The first kappa shape index (κ1) is 15.6. The van der Waals surface area contributed by atoms with E-state index in [1.165, 1.54) is 32.1 Å². The molecule has 20 heavy (non-hydrogen) atoms. The molecule has 4 unspecified atom stereocenters. The van der Waals surface area contributed by atoms with Gasteiger partial charge in [-0.1, -0.05) is 6.58 Å². The first-order valence-corrected chi connectivity index (χ1v) is 8.00. The van der Waals surface area contributed by atoms with Crippen molar-refractivity contribution in [2.75, 3.05) is 13.2 Å². The van der Waals surface area contributed by atoms with E-state index in [1.54, 1.807) is 13.8 Å². The zero-order valence-corrected chi connectivity index (χ0v) is 12.8. The fourth-order valence-corrected chi connectivity index (χ4v) is 4.53. The molecular formula is C17H28O3. The van der Waals surface area contributed by atoms with Crippen LogP contribution in [0.2, 0.25) is 0 Å². The molecular weight excluding hydrogens is 252 g/mol. The molecule has 0 heterocycles. The van der Waals surface area contributed by atoms with Crippen molar-refractivity contribution in [2.45, 2.75) is 46.0 Å². The number of carbonyl (C=O) groups excluding carboxylic acids is 1. The van der Waals surface area contributed by atoms with Crippen LogP contribution in [0.1, 0.15) is 46.0 Å². The van der Waals surface area contributed by atoms with E-state index >= 15 is 0 Å². The number of aliphatic hydroxyl groups is 1. The molecule has 3 nitrogen and oxygen atoms in total. The smallest absolute Gasteiger partial charge is 0.333 e. The highest BCUT2D eigenvalue weighted by molar-refractivity contribution is 5.86. The molecule has 3 fully saturated rings. The van der Waals surface area contributed by atoms with Crippen LogP contribution >= 0.6 is 0 Å². The van der Waals surface area contributed by atoms with Gasteiger partial charge < -0.3 is 9.84 Å². The lowest BCUT2D eigenvalue weighted by Crippen LogP contribution is -2.15. The second kappa shape index (κ2) is 6.75. The molecule has 0 saturated heterocycles. The van der Waals surface area contributed by atoms with Crippen molar-refractivity contribution >= 4 is 5.97 Å². The Bertz CT molecular complexity index is 345. The van der Waals surface area contributed by atoms with E-state index in [1.807, 2.05) is 0 Å². The highest BCUT2D eigenvalue weighted by Gasteiger charge is 2.51. The van der Waals surface area contributed by atoms with Crippen LogP contribution in [-0.4, -0.2) is 24.3 Å². The van der Waals surface area contributed by atoms with Gasteiger partial charge in [-0.25, -0.2) is 4.79 Å². The molecule has 114 valence electrons. The lowest BCUT2D eigenvalue weighted by atomic mass is 9.82. The van der Waals surface area contributed by atoms with Gasteiger partial charge in [0.15, 0.2) is 0 Å². The normalized spacial score (nSPS) is 37.0. The van der Waals surface area contributed by atoms with Crippen LogP contribution < -0.4 is 0 Å². The summed E-state index contributed by atoms with van der Waals surface area (Å²) in [5, 5.41) is 9.11. The van der Waals surface area contributed by atoms with E-state index < -0.39 is 0 Å². The Hall–Kier alpha value is -0.830.